The van der Waals surface area contributed by atoms with Gasteiger partial charge in [0.1, 0.15) is 5.76 Å². The quantitative estimate of drug-likeness (QED) is 0.536. The summed E-state index contributed by atoms with van der Waals surface area (Å²) in [6, 6.07) is 0. The van der Waals surface area contributed by atoms with E-state index in [4.69, 9.17) is 13.9 Å². The maximum atomic E-state index is 6.55. The Balaban J connectivity index is 1.49. The van der Waals surface area contributed by atoms with Gasteiger partial charge in [-0.1, -0.05) is 12.5 Å². The molecule has 4 aliphatic rings. The fraction of sp³-hybridized carbons (Fsp3) is 0.826. The van der Waals surface area contributed by atoms with Gasteiger partial charge in [0.2, 0.25) is 8.32 Å². The second-order valence-corrected chi connectivity index (χ2v) is 14.8. The third kappa shape index (κ3) is 3.82. The summed E-state index contributed by atoms with van der Waals surface area (Å²) in [5, 5.41) is 0. The predicted molar refractivity (Wildman–Crippen MR) is 112 cm³/mol. The molecule has 27 heavy (non-hydrogen) atoms. The van der Waals surface area contributed by atoms with Gasteiger partial charge in [-0.2, -0.15) is 0 Å². The number of allylic oxidation sites excluding steroid dienone is 3. The molecule has 1 saturated heterocycles. The third-order valence-electron chi connectivity index (χ3n) is 7.47. The highest BCUT2D eigenvalue weighted by molar-refractivity contribution is 6.70. The summed E-state index contributed by atoms with van der Waals surface area (Å²) < 4.78 is 18.8. The first-order valence-corrected chi connectivity index (χ1v) is 14.5. The molecule has 0 aromatic heterocycles. The molecule has 0 radical (unpaired) electrons. The lowest BCUT2D eigenvalue weighted by Gasteiger charge is -2.48. The molecule has 152 valence electrons. The molecule has 0 aromatic rings. The number of ether oxygens (including phenoxy) is 2. The van der Waals surface area contributed by atoms with E-state index in [9.17, 15) is 0 Å². The van der Waals surface area contributed by atoms with Crippen LogP contribution in [0.5, 0.6) is 0 Å². The summed E-state index contributed by atoms with van der Waals surface area (Å²) >= 11 is 0. The molecular formula is C23H38O3Si. The van der Waals surface area contributed by atoms with Gasteiger partial charge in [0.15, 0.2) is 6.29 Å². The zero-order chi connectivity index (χ0) is 19.2. The maximum Gasteiger partial charge on any atom is 0.242 e. The Kier molecular flexibility index (Phi) is 5.37. The van der Waals surface area contributed by atoms with Crippen LogP contribution in [0.4, 0.5) is 0 Å². The van der Waals surface area contributed by atoms with Crippen LogP contribution in [0.3, 0.4) is 0 Å². The first-order chi connectivity index (χ1) is 12.8. The Morgan fingerprint density at radius 1 is 1.15 bits per heavy atom. The van der Waals surface area contributed by atoms with E-state index in [0.717, 1.165) is 25.4 Å². The molecule has 2 saturated carbocycles. The number of hydrogen-bond acceptors (Lipinski definition) is 3. The minimum atomic E-state index is -1.56. The van der Waals surface area contributed by atoms with Crippen LogP contribution < -0.4 is 0 Å². The third-order valence-corrected chi connectivity index (χ3v) is 8.30. The van der Waals surface area contributed by atoms with Crippen molar-refractivity contribution in [1.29, 1.82) is 0 Å². The van der Waals surface area contributed by atoms with Gasteiger partial charge in [-0.15, -0.1) is 0 Å². The molecule has 5 atom stereocenters. The van der Waals surface area contributed by atoms with Crippen molar-refractivity contribution in [2.24, 2.45) is 17.3 Å². The van der Waals surface area contributed by atoms with Gasteiger partial charge in [-0.25, -0.2) is 0 Å². The summed E-state index contributed by atoms with van der Waals surface area (Å²) in [5.41, 5.74) is 3.43. The molecule has 3 fully saturated rings. The summed E-state index contributed by atoms with van der Waals surface area (Å²) in [6.07, 6.45) is 12.4. The number of hydrogen-bond donors (Lipinski definition) is 0. The molecule has 0 N–H and O–H groups in total. The lowest BCUT2D eigenvalue weighted by molar-refractivity contribution is -0.210. The minimum Gasteiger partial charge on any atom is -0.544 e. The minimum absolute atomic E-state index is 0.0426. The van der Waals surface area contributed by atoms with Gasteiger partial charge in [0.05, 0.1) is 6.10 Å². The van der Waals surface area contributed by atoms with Gasteiger partial charge in [-0.3, -0.25) is 0 Å². The molecule has 4 heteroatoms. The average molecular weight is 391 g/mol. The van der Waals surface area contributed by atoms with Crippen LogP contribution >= 0.6 is 0 Å². The molecule has 3 nitrogen and oxygen atoms in total. The lowest BCUT2D eigenvalue weighted by atomic mass is 9.59. The van der Waals surface area contributed by atoms with Crippen molar-refractivity contribution in [3.63, 3.8) is 0 Å². The first-order valence-electron chi connectivity index (χ1n) is 11.1. The maximum absolute atomic E-state index is 6.55. The highest BCUT2D eigenvalue weighted by atomic mass is 28.4. The Morgan fingerprint density at radius 2 is 1.96 bits per heavy atom. The molecule has 4 rings (SSSR count). The van der Waals surface area contributed by atoms with Crippen LogP contribution in [0.15, 0.2) is 23.0 Å². The van der Waals surface area contributed by atoms with Crippen LogP contribution in [0.2, 0.25) is 19.6 Å². The molecule has 3 unspecified atom stereocenters. The van der Waals surface area contributed by atoms with Crippen LogP contribution in [-0.2, 0) is 13.9 Å². The topological polar surface area (TPSA) is 27.7 Å². The van der Waals surface area contributed by atoms with Crippen molar-refractivity contribution in [2.75, 3.05) is 6.61 Å². The molecule has 0 spiro atoms. The van der Waals surface area contributed by atoms with E-state index in [1.54, 1.807) is 5.57 Å². The van der Waals surface area contributed by atoms with E-state index >= 15 is 0 Å². The SMILES string of the molecule is CC1=C2CC[C@]3(C)C(CC[C@H]3OC3CCCCO3)C2CC=C1O[Si](C)(C)C. The fourth-order valence-electron chi connectivity index (χ4n) is 6.06. The summed E-state index contributed by atoms with van der Waals surface area (Å²) in [5.74, 6) is 2.62. The van der Waals surface area contributed by atoms with Crippen molar-refractivity contribution in [3.05, 3.63) is 23.0 Å². The Morgan fingerprint density at radius 3 is 2.67 bits per heavy atom. The normalized spacial score (nSPS) is 39.7. The molecule has 1 aliphatic heterocycles. The van der Waals surface area contributed by atoms with Gasteiger partial charge in [-0.05, 0) is 107 Å². The van der Waals surface area contributed by atoms with E-state index in [2.05, 4.69) is 39.6 Å². The Bertz CT molecular complexity index is 626. The van der Waals surface area contributed by atoms with Gasteiger partial charge >= 0.3 is 0 Å². The van der Waals surface area contributed by atoms with Crippen molar-refractivity contribution in [2.45, 2.75) is 97.2 Å². The van der Waals surface area contributed by atoms with Crippen LogP contribution in [0.25, 0.3) is 0 Å². The summed E-state index contributed by atoms with van der Waals surface area (Å²) in [6.45, 7) is 12.5. The van der Waals surface area contributed by atoms with E-state index in [1.165, 1.54) is 49.9 Å². The zero-order valence-electron chi connectivity index (χ0n) is 18.0. The van der Waals surface area contributed by atoms with Crippen LogP contribution in [0.1, 0.15) is 65.2 Å². The monoisotopic (exact) mass is 390 g/mol. The second-order valence-electron chi connectivity index (χ2n) is 10.4. The molecule has 0 aromatic carbocycles. The average Bonchev–Trinajstić information content (AvgIpc) is 2.94. The number of rotatable bonds is 4. The van der Waals surface area contributed by atoms with E-state index in [0.29, 0.717) is 17.4 Å². The summed E-state index contributed by atoms with van der Waals surface area (Å²) in [7, 11) is -1.56. The van der Waals surface area contributed by atoms with E-state index < -0.39 is 8.32 Å². The van der Waals surface area contributed by atoms with Crippen LogP contribution in [-0.4, -0.2) is 27.3 Å². The molecule has 1 heterocycles. The predicted octanol–water partition coefficient (Wildman–Crippen LogP) is 6.18. The standard InChI is InChI=1S/C23H38O3Si/c1-16-17-13-14-23(2)19(18(17)9-11-20(16)26-27(3,4)5)10-12-21(23)25-22-8-6-7-15-24-22/h11,18-19,21-22H,6-10,12-15H2,1-5H3/t18?,19?,21-,22?,23-/m1/s1. The van der Waals surface area contributed by atoms with Gasteiger partial charge in [0, 0.05) is 6.61 Å². The zero-order valence-corrected chi connectivity index (χ0v) is 19.0. The summed E-state index contributed by atoms with van der Waals surface area (Å²) in [4.78, 5) is 0. The van der Waals surface area contributed by atoms with Crippen molar-refractivity contribution >= 4 is 8.32 Å². The van der Waals surface area contributed by atoms with E-state index in [-0.39, 0.29) is 6.29 Å². The Hall–Kier alpha value is -0.583. The Labute approximate surface area is 166 Å². The smallest absolute Gasteiger partial charge is 0.242 e. The largest absolute Gasteiger partial charge is 0.544 e. The highest BCUT2D eigenvalue weighted by Crippen LogP contribution is 2.59. The van der Waals surface area contributed by atoms with Crippen LogP contribution in [0, 0.1) is 17.3 Å². The molecule has 3 aliphatic carbocycles. The number of fused-ring (bicyclic) bond motifs is 3. The molecular weight excluding hydrogens is 352 g/mol. The van der Waals surface area contributed by atoms with Gasteiger partial charge < -0.3 is 13.9 Å². The first kappa shape index (κ1) is 19.7. The van der Waals surface area contributed by atoms with E-state index in [1.807, 2.05) is 0 Å². The van der Waals surface area contributed by atoms with Crippen molar-refractivity contribution < 1.29 is 13.9 Å². The second kappa shape index (κ2) is 7.35. The van der Waals surface area contributed by atoms with Crippen molar-refractivity contribution in [3.8, 4) is 0 Å². The molecule has 0 amide bonds. The fourth-order valence-corrected chi connectivity index (χ4v) is 6.96. The van der Waals surface area contributed by atoms with Crippen molar-refractivity contribution in [1.82, 2.24) is 0 Å². The van der Waals surface area contributed by atoms with Gasteiger partial charge in [0.25, 0.3) is 0 Å². The highest BCUT2D eigenvalue weighted by Gasteiger charge is 2.54. The lowest BCUT2D eigenvalue weighted by Crippen LogP contribution is -2.44. The molecule has 0 bridgehead atoms.